The van der Waals surface area contributed by atoms with Crippen LogP contribution < -0.4 is 10.5 Å². The third-order valence-electron chi connectivity index (χ3n) is 3.14. The molecule has 0 unspecified atom stereocenters. The Balaban J connectivity index is 3.02. The van der Waals surface area contributed by atoms with E-state index in [1.807, 2.05) is 13.8 Å². The Morgan fingerprint density at radius 1 is 1.12 bits per heavy atom. The van der Waals surface area contributed by atoms with Crippen molar-refractivity contribution in [3.63, 3.8) is 0 Å². The molecule has 0 amide bonds. The van der Waals surface area contributed by atoms with Crippen LogP contribution in [0.25, 0.3) is 0 Å². The fourth-order valence-electron chi connectivity index (χ4n) is 2.27. The molecule has 0 fully saturated rings. The molecule has 7 heteroatoms. The highest BCUT2D eigenvalue weighted by atomic mass is 19.4. The maximum atomic E-state index is 12.9. The quantitative estimate of drug-likeness (QED) is 0.778. The van der Waals surface area contributed by atoms with Gasteiger partial charge in [0.05, 0.1) is 12.5 Å². The Labute approximate surface area is 146 Å². The van der Waals surface area contributed by atoms with E-state index in [9.17, 15) is 18.0 Å². The van der Waals surface area contributed by atoms with Crippen LogP contribution >= 0.6 is 0 Å². The first kappa shape index (κ1) is 21.3. The normalized spacial score (nSPS) is 15.0. The zero-order valence-corrected chi connectivity index (χ0v) is 15.2. The Morgan fingerprint density at radius 2 is 1.64 bits per heavy atom. The number of benzene rings is 1. The lowest BCUT2D eigenvalue weighted by Crippen LogP contribution is -2.55. The Morgan fingerprint density at radius 3 is 2.04 bits per heavy atom. The summed E-state index contributed by atoms with van der Waals surface area (Å²) in [6, 6.07) is 6.47. The first-order chi connectivity index (χ1) is 11.2. The van der Waals surface area contributed by atoms with E-state index in [4.69, 9.17) is 15.2 Å². The second-order valence-electron chi connectivity index (χ2n) is 7.44. The molecule has 1 atom stereocenters. The van der Waals surface area contributed by atoms with E-state index >= 15 is 0 Å². The standard InChI is InChI=1S/C18H26F3NO3/c1-12(2)24-14-8-6-13(7-9-14)10-17(22,11-18(19,20)21)15(23)25-16(3,4)5/h6-9,12H,10-11,22H2,1-5H3/t17-/m1/s1. The van der Waals surface area contributed by atoms with E-state index in [1.54, 1.807) is 45.0 Å². The summed E-state index contributed by atoms with van der Waals surface area (Å²) < 4.78 is 49.4. The summed E-state index contributed by atoms with van der Waals surface area (Å²) in [6.07, 6.45) is -6.36. The zero-order valence-electron chi connectivity index (χ0n) is 15.2. The van der Waals surface area contributed by atoms with Gasteiger partial charge in [-0.15, -0.1) is 0 Å². The zero-order chi connectivity index (χ0) is 19.5. The van der Waals surface area contributed by atoms with Crippen LogP contribution in [-0.4, -0.2) is 29.4 Å². The summed E-state index contributed by atoms with van der Waals surface area (Å²) in [5, 5.41) is 0. The molecular weight excluding hydrogens is 335 g/mol. The van der Waals surface area contributed by atoms with Gasteiger partial charge in [-0.1, -0.05) is 12.1 Å². The lowest BCUT2D eigenvalue weighted by molar-refractivity contribution is -0.179. The molecule has 0 aromatic heterocycles. The summed E-state index contributed by atoms with van der Waals surface area (Å²) >= 11 is 0. The molecule has 25 heavy (non-hydrogen) atoms. The van der Waals surface area contributed by atoms with E-state index in [-0.39, 0.29) is 12.5 Å². The van der Waals surface area contributed by atoms with Crippen molar-refractivity contribution in [1.82, 2.24) is 0 Å². The van der Waals surface area contributed by atoms with Crippen molar-refractivity contribution in [2.24, 2.45) is 5.73 Å². The predicted octanol–water partition coefficient (Wildman–Crippen LogP) is 4.01. The number of rotatable bonds is 6. The molecule has 1 aromatic carbocycles. The number of carbonyl (C=O) groups excluding carboxylic acids is 1. The molecule has 142 valence electrons. The molecule has 0 aliphatic carbocycles. The maximum Gasteiger partial charge on any atom is 0.391 e. The molecule has 0 aliphatic rings. The maximum absolute atomic E-state index is 12.9. The van der Waals surface area contributed by atoms with Gasteiger partial charge in [-0.05, 0) is 52.3 Å². The molecule has 0 spiro atoms. The summed E-state index contributed by atoms with van der Waals surface area (Å²) in [7, 11) is 0. The van der Waals surface area contributed by atoms with Crippen LogP contribution in [-0.2, 0) is 16.0 Å². The van der Waals surface area contributed by atoms with Crippen LogP contribution in [0.1, 0.15) is 46.6 Å². The highest BCUT2D eigenvalue weighted by molar-refractivity contribution is 5.81. The third-order valence-corrected chi connectivity index (χ3v) is 3.14. The number of halogens is 3. The van der Waals surface area contributed by atoms with Gasteiger partial charge in [0.15, 0.2) is 0 Å². The number of nitrogens with two attached hydrogens (primary N) is 1. The molecule has 2 N–H and O–H groups in total. The lowest BCUT2D eigenvalue weighted by atomic mass is 9.88. The molecule has 4 nitrogen and oxygen atoms in total. The molecule has 0 bridgehead atoms. The highest BCUT2D eigenvalue weighted by Gasteiger charge is 2.47. The molecule has 1 aromatic rings. The topological polar surface area (TPSA) is 61.5 Å². The van der Waals surface area contributed by atoms with Gasteiger partial charge in [-0.2, -0.15) is 13.2 Å². The van der Waals surface area contributed by atoms with Gasteiger partial charge in [0.1, 0.15) is 16.9 Å². The molecule has 0 saturated carbocycles. The van der Waals surface area contributed by atoms with Crippen LogP contribution in [0.2, 0.25) is 0 Å². The lowest BCUT2D eigenvalue weighted by Gasteiger charge is -2.32. The van der Waals surface area contributed by atoms with E-state index in [0.717, 1.165) is 0 Å². The molecule has 0 saturated heterocycles. The van der Waals surface area contributed by atoms with Crippen molar-refractivity contribution in [1.29, 1.82) is 0 Å². The van der Waals surface area contributed by atoms with Gasteiger partial charge in [0, 0.05) is 6.42 Å². The number of ether oxygens (including phenoxy) is 2. The Hall–Kier alpha value is -1.76. The van der Waals surface area contributed by atoms with Gasteiger partial charge >= 0.3 is 12.1 Å². The van der Waals surface area contributed by atoms with E-state index in [0.29, 0.717) is 11.3 Å². The van der Waals surface area contributed by atoms with Crippen LogP contribution in [0.3, 0.4) is 0 Å². The minimum absolute atomic E-state index is 0.0218. The van der Waals surface area contributed by atoms with E-state index in [1.165, 1.54) is 0 Å². The molecule has 0 radical (unpaired) electrons. The first-order valence-electron chi connectivity index (χ1n) is 8.05. The second-order valence-corrected chi connectivity index (χ2v) is 7.44. The van der Waals surface area contributed by atoms with Crippen molar-refractivity contribution in [2.75, 3.05) is 0 Å². The molecule has 1 rings (SSSR count). The smallest absolute Gasteiger partial charge is 0.391 e. The summed E-state index contributed by atoms with van der Waals surface area (Å²) in [5.41, 5.74) is 3.24. The number of hydrogen-bond acceptors (Lipinski definition) is 4. The predicted molar refractivity (Wildman–Crippen MR) is 89.3 cm³/mol. The van der Waals surface area contributed by atoms with Crippen LogP contribution in [0.4, 0.5) is 13.2 Å². The first-order valence-corrected chi connectivity index (χ1v) is 8.05. The van der Waals surface area contributed by atoms with Crippen molar-refractivity contribution in [3.05, 3.63) is 29.8 Å². The van der Waals surface area contributed by atoms with Crippen LogP contribution in [0, 0.1) is 0 Å². The van der Waals surface area contributed by atoms with Gasteiger partial charge in [0.25, 0.3) is 0 Å². The fraction of sp³-hybridized carbons (Fsp3) is 0.611. The van der Waals surface area contributed by atoms with Gasteiger partial charge in [-0.3, -0.25) is 4.79 Å². The fourth-order valence-corrected chi connectivity index (χ4v) is 2.27. The molecule has 0 aliphatic heterocycles. The number of carbonyl (C=O) groups is 1. The largest absolute Gasteiger partial charge is 0.491 e. The van der Waals surface area contributed by atoms with E-state index in [2.05, 4.69) is 0 Å². The summed E-state index contributed by atoms with van der Waals surface area (Å²) in [4.78, 5) is 12.3. The Kier molecular flexibility index (Phi) is 6.50. The minimum atomic E-state index is -4.59. The van der Waals surface area contributed by atoms with Crippen molar-refractivity contribution >= 4 is 5.97 Å². The Bertz CT molecular complexity index is 577. The molecule has 0 heterocycles. The number of hydrogen-bond donors (Lipinski definition) is 1. The van der Waals surface area contributed by atoms with Gasteiger partial charge in [-0.25, -0.2) is 0 Å². The van der Waals surface area contributed by atoms with Crippen molar-refractivity contribution in [2.45, 2.75) is 70.9 Å². The monoisotopic (exact) mass is 361 g/mol. The van der Waals surface area contributed by atoms with Crippen LogP contribution in [0.5, 0.6) is 5.75 Å². The van der Waals surface area contributed by atoms with Crippen LogP contribution in [0.15, 0.2) is 24.3 Å². The molecular formula is C18H26F3NO3. The average Bonchev–Trinajstić information content (AvgIpc) is 2.36. The number of esters is 1. The average molecular weight is 361 g/mol. The van der Waals surface area contributed by atoms with Gasteiger partial charge in [0.2, 0.25) is 0 Å². The highest BCUT2D eigenvalue weighted by Crippen LogP contribution is 2.31. The third kappa shape index (κ3) is 7.77. The minimum Gasteiger partial charge on any atom is -0.491 e. The van der Waals surface area contributed by atoms with E-state index < -0.39 is 29.7 Å². The van der Waals surface area contributed by atoms with Crippen molar-refractivity contribution < 1.29 is 27.4 Å². The van der Waals surface area contributed by atoms with Gasteiger partial charge < -0.3 is 15.2 Å². The second kappa shape index (κ2) is 7.64. The SMILES string of the molecule is CC(C)Oc1ccc(C[C@@](N)(CC(F)(F)F)C(=O)OC(C)(C)C)cc1. The number of alkyl halides is 3. The summed E-state index contributed by atoms with van der Waals surface area (Å²) in [6.45, 7) is 8.47. The van der Waals surface area contributed by atoms with Crippen molar-refractivity contribution in [3.8, 4) is 5.75 Å². The summed E-state index contributed by atoms with van der Waals surface area (Å²) in [5.74, 6) is -0.478.